The zero-order valence-corrected chi connectivity index (χ0v) is 11.3. The standard InChI is InChI=1S/C14H16ClN3O/c15-13-6-2-1-5-12(13)14(19)17-7-3-4-9-18-10-8-16-11-18/h1-2,5-6,8,10-11H,3-4,7,9H2,(H,17,19). The molecule has 1 N–H and O–H groups in total. The molecular weight excluding hydrogens is 262 g/mol. The van der Waals surface area contributed by atoms with Crippen LogP contribution >= 0.6 is 11.6 Å². The molecule has 100 valence electrons. The van der Waals surface area contributed by atoms with Gasteiger partial charge < -0.3 is 9.88 Å². The van der Waals surface area contributed by atoms with E-state index in [4.69, 9.17) is 11.6 Å². The van der Waals surface area contributed by atoms with E-state index < -0.39 is 0 Å². The molecule has 0 unspecified atom stereocenters. The van der Waals surface area contributed by atoms with Crippen LogP contribution in [0.25, 0.3) is 0 Å². The fourth-order valence-electron chi connectivity index (χ4n) is 1.78. The van der Waals surface area contributed by atoms with Crippen LogP contribution in [0.4, 0.5) is 0 Å². The van der Waals surface area contributed by atoms with Crippen LogP contribution in [0.5, 0.6) is 0 Å². The third kappa shape index (κ3) is 4.10. The van der Waals surface area contributed by atoms with Crippen molar-refractivity contribution >= 4 is 17.5 Å². The second-order valence-electron chi connectivity index (χ2n) is 4.24. The van der Waals surface area contributed by atoms with Crippen LogP contribution in [0.1, 0.15) is 23.2 Å². The summed E-state index contributed by atoms with van der Waals surface area (Å²) in [6.07, 6.45) is 7.41. The molecule has 2 aromatic rings. The van der Waals surface area contributed by atoms with Gasteiger partial charge in [-0.25, -0.2) is 4.98 Å². The van der Waals surface area contributed by atoms with Gasteiger partial charge in [0.2, 0.25) is 0 Å². The van der Waals surface area contributed by atoms with Gasteiger partial charge in [-0.3, -0.25) is 4.79 Å². The van der Waals surface area contributed by atoms with E-state index in [-0.39, 0.29) is 5.91 Å². The lowest BCUT2D eigenvalue weighted by Gasteiger charge is -2.06. The average molecular weight is 278 g/mol. The number of amides is 1. The van der Waals surface area contributed by atoms with Crippen LogP contribution < -0.4 is 5.32 Å². The highest BCUT2D eigenvalue weighted by Gasteiger charge is 2.07. The molecule has 0 fully saturated rings. The summed E-state index contributed by atoms with van der Waals surface area (Å²) in [7, 11) is 0. The van der Waals surface area contributed by atoms with E-state index in [0.29, 0.717) is 17.1 Å². The Hall–Kier alpha value is -1.81. The molecule has 0 aliphatic carbocycles. The Morgan fingerprint density at radius 3 is 2.89 bits per heavy atom. The van der Waals surface area contributed by atoms with Gasteiger partial charge in [0.25, 0.3) is 5.91 Å². The molecule has 2 rings (SSSR count). The maximum atomic E-state index is 11.8. The Kier molecular flexibility index (Phi) is 4.98. The van der Waals surface area contributed by atoms with Crippen molar-refractivity contribution in [2.45, 2.75) is 19.4 Å². The van der Waals surface area contributed by atoms with Gasteiger partial charge in [-0.2, -0.15) is 0 Å². The molecule has 1 amide bonds. The summed E-state index contributed by atoms with van der Waals surface area (Å²) in [5.41, 5.74) is 0.527. The summed E-state index contributed by atoms with van der Waals surface area (Å²) in [4.78, 5) is 15.8. The third-order valence-electron chi connectivity index (χ3n) is 2.81. The lowest BCUT2D eigenvalue weighted by atomic mass is 10.2. The summed E-state index contributed by atoms with van der Waals surface area (Å²) in [6, 6.07) is 7.06. The molecule has 0 bridgehead atoms. The van der Waals surface area contributed by atoms with Crippen LogP contribution in [0.15, 0.2) is 43.0 Å². The number of benzene rings is 1. The Morgan fingerprint density at radius 2 is 2.16 bits per heavy atom. The fraction of sp³-hybridized carbons (Fsp3) is 0.286. The van der Waals surface area contributed by atoms with Crippen molar-refractivity contribution in [3.63, 3.8) is 0 Å². The minimum atomic E-state index is -0.117. The van der Waals surface area contributed by atoms with Crippen molar-refractivity contribution in [1.82, 2.24) is 14.9 Å². The fourth-order valence-corrected chi connectivity index (χ4v) is 2.00. The predicted molar refractivity (Wildman–Crippen MR) is 75.2 cm³/mol. The SMILES string of the molecule is O=C(NCCCCn1ccnc1)c1ccccc1Cl. The quantitative estimate of drug-likeness (QED) is 0.826. The molecule has 4 nitrogen and oxygen atoms in total. The summed E-state index contributed by atoms with van der Waals surface area (Å²) < 4.78 is 2.02. The number of imidazole rings is 1. The van der Waals surface area contributed by atoms with Gasteiger partial charge >= 0.3 is 0 Å². The van der Waals surface area contributed by atoms with E-state index in [0.717, 1.165) is 19.4 Å². The molecule has 0 saturated heterocycles. The van der Waals surface area contributed by atoms with E-state index in [2.05, 4.69) is 10.3 Å². The highest BCUT2D eigenvalue weighted by molar-refractivity contribution is 6.33. The van der Waals surface area contributed by atoms with E-state index in [1.807, 2.05) is 16.8 Å². The number of nitrogens with zero attached hydrogens (tertiary/aromatic N) is 2. The van der Waals surface area contributed by atoms with Crippen LogP contribution in [0.2, 0.25) is 5.02 Å². The monoisotopic (exact) mass is 277 g/mol. The molecule has 0 spiro atoms. The van der Waals surface area contributed by atoms with Gasteiger partial charge in [0.15, 0.2) is 0 Å². The number of carbonyl (C=O) groups excluding carboxylic acids is 1. The number of aromatic nitrogens is 2. The first-order chi connectivity index (χ1) is 9.27. The molecule has 0 radical (unpaired) electrons. The Bertz CT molecular complexity index is 525. The number of carbonyl (C=O) groups is 1. The molecule has 19 heavy (non-hydrogen) atoms. The number of unbranched alkanes of at least 4 members (excludes halogenated alkanes) is 1. The Morgan fingerprint density at radius 1 is 1.32 bits per heavy atom. The summed E-state index contributed by atoms with van der Waals surface area (Å²) >= 11 is 5.96. The van der Waals surface area contributed by atoms with Gasteiger partial charge in [0.1, 0.15) is 0 Å². The molecule has 1 aromatic heterocycles. The molecule has 0 aliphatic heterocycles. The maximum Gasteiger partial charge on any atom is 0.252 e. The van der Waals surface area contributed by atoms with Gasteiger partial charge in [0, 0.05) is 25.5 Å². The zero-order chi connectivity index (χ0) is 13.5. The highest BCUT2D eigenvalue weighted by atomic mass is 35.5. The van der Waals surface area contributed by atoms with Crippen LogP contribution in [0, 0.1) is 0 Å². The minimum absolute atomic E-state index is 0.117. The smallest absolute Gasteiger partial charge is 0.252 e. The number of hydrogen-bond acceptors (Lipinski definition) is 2. The molecule has 5 heteroatoms. The van der Waals surface area contributed by atoms with Gasteiger partial charge in [0.05, 0.1) is 16.9 Å². The van der Waals surface area contributed by atoms with Crippen LogP contribution in [-0.2, 0) is 6.54 Å². The molecule has 0 saturated carbocycles. The topological polar surface area (TPSA) is 46.9 Å². The van der Waals surface area contributed by atoms with Crippen molar-refractivity contribution in [2.75, 3.05) is 6.54 Å². The summed E-state index contributed by atoms with van der Waals surface area (Å²) in [6.45, 7) is 1.57. The van der Waals surface area contributed by atoms with Crippen molar-refractivity contribution in [1.29, 1.82) is 0 Å². The van der Waals surface area contributed by atoms with Crippen molar-refractivity contribution in [3.05, 3.63) is 53.6 Å². The van der Waals surface area contributed by atoms with E-state index in [1.165, 1.54) is 0 Å². The van der Waals surface area contributed by atoms with Crippen molar-refractivity contribution in [2.24, 2.45) is 0 Å². The number of rotatable bonds is 6. The maximum absolute atomic E-state index is 11.8. The van der Waals surface area contributed by atoms with E-state index in [9.17, 15) is 4.79 Å². The normalized spacial score (nSPS) is 10.4. The third-order valence-corrected chi connectivity index (χ3v) is 3.14. The molecule has 1 heterocycles. The molecular formula is C14H16ClN3O. The predicted octanol–water partition coefficient (Wildman–Crippen LogP) is 2.75. The van der Waals surface area contributed by atoms with E-state index >= 15 is 0 Å². The number of aryl methyl sites for hydroxylation is 1. The lowest BCUT2D eigenvalue weighted by Crippen LogP contribution is -2.24. The van der Waals surface area contributed by atoms with Gasteiger partial charge in [-0.05, 0) is 25.0 Å². The van der Waals surface area contributed by atoms with Crippen molar-refractivity contribution in [3.8, 4) is 0 Å². The van der Waals surface area contributed by atoms with Crippen LogP contribution in [-0.4, -0.2) is 22.0 Å². The number of hydrogen-bond donors (Lipinski definition) is 1. The number of nitrogens with one attached hydrogen (secondary N) is 1. The summed E-state index contributed by atoms with van der Waals surface area (Å²) in [5.74, 6) is -0.117. The zero-order valence-electron chi connectivity index (χ0n) is 10.6. The van der Waals surface area contributed by atoms with E-state index in [1.54, 1.807) is 30.7 Å². The molecule has 1 aromatic carbocycles. The highest BCUT2D eigenvalue weighted by Crippen LogP contribution is 2.14. The van der Waals surface area contributed by atoms with Gasteiger partial charge in [-0.1, -0.05) is 23.7 Å². The van der Waals surface area contributed by atoms with Gasteiger partial charge in [-0.15, -0.1) is 0 Å². The first-order valence-electron chi connectivity index (χ1n) is 6.26. The second kappa shape index (κ2) is 6.95. The first-order valence-corrected chi connectivity index (χ1v) is 6.63. The Balaban J connectivity index is 1.68. The molecule has 0 atom stereocenters. The molecule has 0 aliphatic rings. The van der Waals surface area contributed by atoms with Crippen molar-refractivity contribution < 1.29 is 4.79 Å². The summed E-state index contributed by atoms with van der Waals surface area (Å²) in [5, 5.41) is 3.36. The lowest BCUT2D eigenvalue weighted by molar-refractivity contribution is 0.0953. The number of halogens is 1. The largest absolute Gasteiger partial charge is 0.352 e. The second-order valence-corrected chi connectivity index (χ2v) is 4.65. The minimum Gasteiger partial charge on any atom is -0.352 e. The van der Waals surface area contributed by atoms with Crippen LogP contribution in [0.3, 0.4) is 0 Å². The average Bonchev–Trinajstić information content (AvgIpc) is 2.92. The Labute approximate surface area is 117 Å². The first kappa shape index (κ1) is 13.6.